The summed E-state index contributed by atoms with van der Waals surface area (Å²) in [6, 6.07) is 7.99. The molecule has 1 aromatic rings. The van der Waals surface area contributed by atoms with Gasteiger partial charge in [-0.2, -0.15) is 0 Å². The Balaban J connectivity index is 2.07. The van der Waals surface area contributed by atoms with Crippen molar-refractivity contribution in [2.75, 3.05) is 32.1 Å². The predicted octanol–water partition coefficient (Wildman–Crippen LogP) is 1.69. The number of carbonyl (C=O) groups is 1. The number of aliphatic hydroxyl groups excluding tert-OH is 1. The normalized spacial score (nSPS) is 18.3. The number of carbonyl (C=O) groups excluding carboxylic acids is 1. The van der Waals surface area contributed by atoms with Crippen LogP contribution >= 0.6 is 11.8 Å². The number of benzene rings is 1. The third kappa shape index (κ3) is 4.34. The van der Waals surface area contributed by atoms with Crippen LogP contribution in [0.5, 0.6) is 0 Å². The van der Waals surface area contributed by atoms with E-state index < -0.39 is 0 Å². The fourth-order valence-electron chi connectivity index (χ4n) is 1.77. The van der Waals surface area contributed by atoms with Gasteiger partial charge in [0.25, 0.3) is 5.91 Å². The fraction of sp³-hybridized carbons (Fsp3) is 0.333. The van der Waals surface area contributed by atoms with E-state index in [9.17, 15) is 4.79 Å². The second-order valence-electron chi connectivity index (χ2n) is 4.81. The number of nitrogens with zero attached hydrogens (tertiary/aromatic N) is 2. The number of hydrogen-bond donors (Lipinski definition) is 2. The predicted molar refractivity (Wildman–Crippen MR) is 88.5 cm³/mol. The largest absolute Gasteiger partial charge is 0.396 e. The molecule has 2 N–H and O–H groups in total. The van der Waals surface area contributed by atoms with Gasteiger partial charge in [0.15, 0.2) is 5.17 Å². The summed E-state index contributed by atoms with van der Waals surface area (Å²) in [6.45, 7) is 0.625. The van der Waals surface area contributed by atoms with Gasteiger partial charge >= 0.3 is 0 Å². The first-order chi connectivity index (χ1) is 10.1. The number of amides is 1. The molecule has 0 atom stereocenters. The molecule has 6 heteroatoms. The molecule has 2 rings (SSSR count). The molecule has 1 fully saturated rings. The molecule has 112 valence electrons. The molecule has 1 saturated heterocycles. The second-order valence-corrected chi connectivity index (χ2v) is 5.85. The van der Waals surface area contributed by atoms with Crippen LogP contribution in [0.25, 0.3) is 6.08 Å². The van der Waals surface area contributed by atoms with Gasteiger partial charge in [0.2, 0.25) is 0 Å². The van der Waals surface area contributed by atoms with Crippen LogP contribution in [0.4, 0.5) is 5.69 Å². The molecular weight excluding hydrogens is 286 g/mol. The highest BCUT2D eigenvalue weighted by atomic mass is 32.2. The Hall–Kier alpha value is -1.79. The third-order valence-corrected chi connectivity index (χ3v) is 3.88. The van der Waals surface area contributed by atoms with Crippen LogP contribution in [0.2, 0.25) is 0 Å². The van der Waals surface area contributed by atoms with Crippen molar-refractivity contribution < 1.29 is 9.90 Å². The Morgan fingerprint density at radius 2 is 2.05 bits per heavy atom. The number of nitrogens with one attached hydrogen (secondary N) is 1. The molecule has 0 aliphatic carbocycles. The molecule has 1 aliphatic heterocycles. The van der Waals surface area contributed by atoms with Gasteiger partial charge < -0.3 is 15.3 Å². The summed E-state index contributed by atoms with van der Waals surface area (Å²) in [7, 11) is 3.98. The van der Waals surface area contributed by atoms with Gasteiger partial charge in [-0.25, -0.2) is 0 Å². The van der Waals surface area contributed by atoms with Gasteiger partial charge in [-0.3, -0.25) is 9.79 Å². The molecule has 21 heavy (non-hydrogen) atoms. The summed E-state index contributed by atoms with van der Waals surface area (Å²) >= 11 is 1.33. The van der Waals surface area contributed by atoms with E-state index in [1.165, 1.54) is 11.8 Å². The smallest absolute Gasteiger partial charge is 0.264 e. The second kappa shape index (κ2) is 7.28. The van der Waals surface area contributed by atoms with Crippen molar-refractivity contribution in [2.24, 2.45) is 4.99 Å². The number of amidine groups is 1. The van der Waals surface area contributed by atoms with Crippen LogP contribution in [0.3, 0.4) is 0 Å². The maximum atomic E-state index is 11.9. The summed E-state index contributed by atoms with van der Waals surface area (Å²) in [5, 5.41) is 12.1. The lowest BCUT2D eigenvalue weighted by molar-refractivity contribution is -0.115. The highest BCUT2D eigenvalue weighted by molar-refractivity contribution is 8.18. The first kappa shape index (κ1) is 15.6. The zero-order valence-corrected chi connectivity index (χ0v) is 13.0. The molecule has 1 aliphatic rings. The maximum absolute atomic E-state index is 11.9. The van der Waals surface area contributed by atoms with Gasteiger partial charge in [0, 0.05) is 32.9 Å². The third-order valence-electron chi connectivity index (χ3n) is 2.93. The zero-order chi connectivity index (χ0) is 15.2. The molecule has 0 aromatic heterocycles. The number of anilines is 1. The Morgan fingerprint density at radius 1 is 1.33 bits per heavy atom. The van der Waals surface area contributed by atoms with E-state index in [1.54, 1.807) is 0 Å². The van der Waals surface area contributed by atoms with Gasteiger partial charge in [0.1, 0.15) is 0 Å². The Morgan fingerprint density at radius 3 is 2.67 bits per heavy atom. The van der Waals surface area contributed by atoms with Crippen LogP contribution in [-0.2, 0) is 4.79 Å². The Labute approximate surface area is 128 Å². The molecule has 0 bridgehead atoms. The van der Waals surface area contributed by atoms with Gasteiger partial charge in [-0.15, -0.1) is 0 Å². The Bertz CT molecular complexity index is 565. The molecule has 0 radical (unpaired) electrons. The van der Waals surface area contributed by atoms with Crippen LogP contribution in [0.1, 0.15) is 12.0 Å². The Kier molecular flexibility index (Phi) is 5.41. The number of hydrogen-bond acceptors (Lipinski definition) is 5. The van der Waals surface area contributed by atoms with Crippen molar-refractivity contribution in [1.82, 2.24) is 5.32 Å². The van der Waals surface area contributed by atoms with E-state index in [0.29, 0.717) is 23.0 Å². The topological polar surface area (TPSA) is 64.9 Å². The maximum Gasteiger partial charge on any atom is 0.264 e. The number of thioether (sulfide) groups is 1. The summed E-state index contributed by atoms with van der Waals surface area (Å²) in [5.74, 6) is -0.126. The minimum Gasteiger partial charge on any atom is -0.396 e. The first-order valence-corrected chi connectivity index (χ1v) is 7.55. The van der Waals surface area contributed by atoms with Crippen molar-refractivity contribution in [3.8, 4) is 0 Å². The molecular formula is C15H19N3O2S. The SMILES string of the molecule is CN(C)c1ccc(/C=C2\SC(=NCCCO)NC2=O)cc1. The molecule has 5 nitrogen and oxygen atoms in total. The van der Waals surface area contributed by atoms with E-state index in [2.05, 4.69) is 10.3 Å². The average molecular weight is 305 g/mol. The van der Waals surface area contributed by atoms with Crippen LogP contribution in [-0.4, -0.2) is 43.4 Å². The molecule has 1 heterocycles. The summed E-state index contributed by atoms with van der Waals surface area (Å²) in [4.78, 5) is 18.8. The molecule has 0 unspecified atom stereocenters. The zero-order valence-electron chi connectivity index (χ0n) is 12.2. The lowest BCUT2D eigenvalue weighted by atomic mass is 10.2. The molecule has 1 aromatic carbocycles. The van der Waals surface area contributed by atoms with Crippen molar-refractivity contribution in [2.45, 2.75) is 6.42 Å². The van der Waals surface area contributed by atoms with E-state index >= 15 is 0 Å². The van der Waals surface area contributed by atoms with Gasteiger partial charge in [0.05, 0.1) is 4.91 Å². The molecule has 1 amide bonds. The van der Waals surface area contributed by atoms with E-state index in [1.807, 2.05) is 49.3 Å². The van der Waals surface area contributed by atoms with Crippen molar-refractivity contribution in [3.63, 3.8) is 0 Å². The van der Waals surface area contributed by atoms with Gasteiger partial charge in [-0.1, -0.05) is 12.1 Å². The minimum atomic E-state index is -0.126. The van der Waals surface area contributed by atoms with Crippen LogP contribution in [0.15, 0.2) is 34.2 Å². The van der Waals surface area contributed by atoms with Crippen molar-refractivity contribution >= 4 is 34.6 Å². The minimum absolute atomic E-state index is 0.107. The van der Waals surface area contributed by atoms with Crippen LogP contribution in [0, 0.1) is 0 Å². The highest BCUT2D eigenvalue weighted by Gasteiger charge is 2.23. The van der Waals surface area contributed by atoms with E-state index in [-0.39, 0.29) is 12.5 Å². The summed E-state index contributed by atoms with van der Waals surface area (Å²) in [6.07, 6.45) is 2.46. The average Bonchev–Trinajstić information content (AvgIpc) is 2.80. The summed E-state index contributed by atoms with van der Waals surface area (Å²) in [5.41, 5.74) is 2.10. The monoisotopic (exact) mass is 305 g/mol. The standard InChI is InChI=1S/C15H19N3O2S/c1-18(2)12-6-4-11(5-7-12)10-13-14(20)17-15(21-13)16-8-3-9-19/h4-7,10,19H,3,8-9H2,1-2H3,(H,16,17,20)/b13-10-. The van der Waals surface area contributed by atoms with Crippen molar-refractivity contribution in [1.29, 1.82) is 0 Å². The fourth-order valence-corrected chi connectivity index (χ4v) is 2.62. The first-order valence-electron chi connectivity index (χ1n) is 6.74. The molecule has 0 spiro atoms. The lowest BCUT2D eigenvalue weighted by Gasteiger charge is -2.11. The van der Waals surface area contributed by atoms with Crippen molar-refractivity contribution in [3.05, 3.63) is 34.7 Å². The van der Waals surface area contributed by atoms with E-state index in [4.69, 9.17) is 5.11 Å². The van der Waals surface area contributed by atoms with Crippen LogP contribution < -0.4 is 10.2 Å². The molecule has 0 saturated carbocycles. The number of aliphatic hydroxyl groups is 1. The van der Waals surface area contributed by atoms with Gasteiger partial charge in [-0.05, 0) is 42.0 Å². The number of aliphatic imine (C=N–C) groups is 1. The summed E-state index contributed by atoms with van der Waals surface area (Å²) < 4.78 is 0. The quantitative estimate of drug-likeness (QED) is 0.642. The highest BCUT2D eigenvalue weighted by Crippen LogP contribution is 2.26. The number of rotatable bonds is 5. The lowest BCUT2D eigenvalue weighted by Crippen LogP contribution is -2.20. The van der Waals surface area contributed by atoms with E-state index in [0.717, 1.165) is 11.3 Å².